The number of piperidine rings is 1. The number of likely N-dealkylation sites (tertiary alicyclic amines) is 1. The zero-order chi connectivity index (χ0) is 18.1. The molecule has 25 heavy (non-hydrogen) atoms. The second-order valence-electron chi connectivity index (χ2n) is 6.59. The Kier molecular flexibility index (Phi) is 7.88. The van der Waals surface area contributed by atoms with E-state index in [2.05, 4.69) is 15.5 Å². The van der Waals surface area contributed by atoms with Gasteiger partial charge in [0, 0.05) is 20.2 Å². The van der Waals surface area contributed by atoms with E-state index in [0.29, 0.717) is 12.5 Å². The Morgan fingerprint density at radius 2 is 1.88 bits per heavy atom. The maximum atomic E-state index is 12.0. The number of hydrogen-bond donors (Lipinski definition) is 2. The van der Waals surface area contributed by atoms with Crippen molar-refractivity contribution in [2.75, 3.05) is 39.9 Å². The molecule has 1 aromatic carbocycles. The number of nitrogens with one attached hydrogen (secondary N) is 2. The predicted octanol–water partition coefficient (Wildman–Crippen LogP) is 1.34. The van der Waals surface area contributed by atoms with Crippen LogP contribution in [0, 0.1) is 5.92 Å². The molecule has 6 nitrogen and oxygen atoms in total. The minimum atomic E-state index is -0.575. The standard InChI is InChI=1S/C19H29N3O3/c1-15(17-6-4-3-5-7-17)21-19(24)18(23)20-14-16-8-10-22(11-9-16)12-13-25-2/h3-7,15-16H,8-14H2,1-2H3,(H,20,23)(H,21,24). The molecule has 1 heterocycles. The van der Waals surface area contributed by atoms with Gasteiger partial charge in [-0.2, -0.15) is 0 Å². The monoisotopic (exact) mass is 347 g/mol. The molecule has 6 heteroatoms. The summed E-state index contributed by atoms with van der Waals surface area (Å²) >= 11 is 0. The summed E-state index contributed by atoms with van der Waals surface area (Å²) in [5, 5.41) is 5.51. The summed E-state index contributed by atoms with van der Waals surface area (Å²) in [6.45, 7) is 6.17. The van der Waals surface area contributed by atoms with Gasteiger partial charge in [0.05, 0.1) is 12.6 Å². The van der Waals surface area contributed by atoms with Gasteiger partial charge in [-0.1, -0.05) is 30.3 Å². The van der Waals surface area contributed by atoms with E-state index < -0.39 is 11.8 Å². The summed E-state index contributed by atoms with van der Waals surface area (Å²) in [6, 6.07) is 9.42. The molecule has 0 radical (unpaired) electrons. The van der Waals surface area contributed by atoms with Gasteiger partial charge < -0.3 is 20.3 Å². The van der Waals surface area contributed by atoms with Crippen molar-refractivity contribution in [1.82, 2.24) is 15.5 Å². The first kappa shape index (κ1) is 19.4. The third-order valence-corrected chi connectivity index (χ3v) is 4.72. The SMILES string of the molecule is COCCN1CCC(CNC(=O)C(=O)NC(C)c2ccccc2)CC1. The van der Waals surface area contributed by atoms with E-state index in [1.54, 1.807) is 7.11 Å². The zero-order valence-corrected chi connectivity index (χ0v) is 15.2. The van der Waals surface area contributed by atoms with Crippen LogP contribution in [0.15, 0.2) is 30.3 Å². The zero-order valence-electron chi connectivity index (χ0n) is 15.2. The van der Waals surface area contributed by atoms with Crippen LogP contribution in [0.4, 0.5) is 0 Å². The molecule has 1 atom stereocenters. The molecule has 2 amide bonds. The summed E-state index contributed by atoms with van der Waals surface area (Å²) < 4.78 is 5.10. The molecule has 1 aliphatic heterocycles. The lowest BCUT2D eigenvalue weighted by molar-refractivity contribution is -0.139. The normalized spacial score (nSPS) is 17.0. The third kappa shape index (κ3) is 6.48. The number of benzene rings is 1. The topological polar surface area (TPSA) is 70.7 Å². The quantitative estimate of drug-likeness (QED) is 0.730. The molecule has 0 spiro atoms. The number of carbonyl (C=O) groups is 2. The Morgan fingerprint density at radius 1 is 1.20 bits per heavy atom. The molecule has 0 aromatic heterocycles. The maximum absolute atomic E-state index is 12.0. The fourth-order valence-electron chi connectivity index (χ4n) is 3.04. The van der Waals surface area contributed by atoms with Crippen molar-refractivity contribution >= 4 is 11.8 Å². The van der Waals surface area contributed by atoms with Crippen LogP contribution in [0.3, 0.4) is 0 Å². The van der Waals surface area contributed by atoms with Crippen LogP contribution >= 0.6 is 0 Å². The highest BCUT2D eigenvalue weighted by Crippen LogP contribution is 2.16. The molecule has 2 rings (SSSR count). The molecule has 0 aliphatic carbocycles. The van der Waals surface area contributed by atoms with Gasteiger partial charge in [-0.3, -0.25) is 9.59 Å². The van der Waals surface area contributed by atoms with E-state index in [0.717, 1.165) is 44.6 Å². The second-order valence-corrected chi connectivity index (χ2v) is 6.59. The number of rotatable bonds is 7. The van der Waals surface area contributed by atoms with Gasteiger partial charge in [-0.25, -0.2) is 0 Å². The Morgan fingerprint density at radius 3 is 2.52 bits per heavy atom. The first-order valence-corrected chi connectivity index (χ1v) is 8.95. The molecule has 1 aromatic rings. The average Bonchev–Trinajstić information content (AvgIpc) is 2.65. The van der Waals surface area contributed by atoms with Crippen molar-refractivity contribution in [3.8, 4) is 0 Å². The van der Waals surface area contributed by atoms with Gasteiger partial charge >= 0.3 is 11.8 Å². The Labute approximate surface area is 149 Å². The van der Waals surface area contributed by atoms with Gasteiger partial charge in [0.1, 0.15) is 0 Å². The lowest BCUT2D eigenvalue weighted by Gasteiger charge is -2.31. The fourth-order valence-corrected chi connectivity index (χ4v) is 3.04. The summed E-state index contributed by atoms with van der Waals surface area (Å²) in [5.41, 5.74) is 0.979. The fraction of sp³-hybridized carbons (Fsp3) is 0.579. The van der Waals surface area contributed by atoms with Gasteiger partial charge in [0.2, 0.25) is 0 Å². The number of methoxy groups -OCH3 is 1. The Bertz CT molecular complexity index is 542. The minimum Gasteiger partial charge on any atom is -0.383 e. The van der Waals surface area contributed by atoms with E-state index in [-0.39, 0.29) is 6.04 Å². The smallest absolute Gasteiger partial charge is 0.309 e. The Balaban J connectivity index is 1.67. The van der Waals surface area contributed by atoms with Crippen molar-refractivity contribution in [2.45, 2.75) is 25.8 Å². The molecule has 1 aliphatic rings. The van der Waals surface area contributed by atoms with Crippen LogP contribution < -0.4 is 10.6 Å². The van der Waals surface area contributed by atoms with E-state index in [1.807, 2.05) is 37.3 Å². The predicted molar refractivity (Wildman–Crippen MR) is 97.0 cm³/mol. The highest BCUT2D eigenvalue weighted by Gasteiger charge is 2.21. The molecule has 1 saturated heterocycles. The first-order valence-electron chi connectivity index (χ1n) is 8.95. The van der Waals surface area contributed by atoms with E-state index in [1.165, 1.54) is 0 Å². The maximum Gasteiger partial charge on any atom is 0.309 e. The summed E-state index contributed by atoms with van der Waals surface area (Å²) in [6.07, 6.45) is 2.07. The van der Waals surface area contributed by atoms with Crippen LogP contribution in [0.2, 0.25) is 0 Å². The van der Waals surface area contributed by atoms with E-state index >= 15 is 0 Å². The van der Waals surface area contributed by atoms with Crippen LogP contribution in [-0.4, -0.2) is 56.6 Å². The number of carbonyl (C=O) groups excluding carboxylic acids is 2. The van der Waals surface area contributed by atoms with Crippen molar-refractivity contribution < 1.29 is 14.3 Å². The van der Waals surface area contributed by atoms with Crippen LogP contribution in [0.1, 0.15) is 31.4 Å². The largest absolute Gasteiger partial charge is 0.383 e. The van der Waals surface area contributed by atoms with Crippen LogP contribution in [-0.2, 0) is 14.3 Å². The number of hydrogen-bond acceptors (Lipinski definition) is 4. The van der Waals surface area contributed by atoms with E-state index in [9.17, 15) is 9.59 Å². The van der Waals surface area contributed by atoms with Gasteiger partial charge in [0.25, 0.3) is 0 Å². The number of ether oxygens (including phenoxy) is 1. The summed E-state index contributed by atoms with van der Waals surface area (Å²) in [7, 11) is 1.71. The highest BCUT2D eigenvalue weighted by molar-refractivity contribution is 6.35. The molecule has 2 N–H and O–H groups in total. The number of nitrogens with zero attached hydrogens (tertiary/aromatic N) is 1. The molecule has 0 saturated carbocycles. The lowest BCUT2D eigenvalue weighted by Crippen LogP contribution is -2.44. The van der Waals surface area contributed by atoms with Crippen LogP contribution in [0.5, 0.6) is 0 Å². The van der Waals surface area contributed by atoms with Gasteiger partial charge in [0.15, 0.2) is 0 Å². The summed E-state index contributed by atoms with van der Waals surface area (Å²) in [4.78, 5) is 26.4. The lowest BCUT2D eigenvalue weighted by atomic mass is 9.97. The highest BCUT2D eigenvalue weighted by atomic mass is 16.5. The summed E-state index contributed by atoms with van der Waals surface area (Å²) in [5.74, 6) is -0.694. The molecule has 1 unspecified atom stereocenters. The minimum absolute atomic E-state index is 0.191. The van der Waals surface area contributed by atoms with Crippen LogP contribution in [0.25, 0.3) is 0 Å². The van der Waals surface area contributed by atoms with Crippen molar-refractivity contribution in [3.05, 3.63) is 35.9 Å². The molecule has 138 valence electrons. The van der Waals surface area contributed by atoms with Crippen molar-refractivity contribution in [1.29, 1.82) is 0 Å². The third-order valence-electron chi connectivity index (χ3n) is 4.72. The molecule has 1 fully saturated rings. The average molecular weight is 347 g/mol. The Hall–Kier alpha value is -1.92. The molecular formula is C19H29N3O3. The first-order chi connectivity index (χ1) is 12.1. The van der Waals surface area contributed by atoms with Gasteiger partial charge in [-0.05, 0) is 44.3 Å². The van der Waals surface area contributed by atoms with Gasteiger partial charge in [-0.15, -0.1) is 0 Å². The molecular weight excluding hydrogens is 318 g/mol. The van der Waals surface area contributed by atoms with Crippen molar-refractivity contribution in [3.63, 3.8) is 0 Å². The van der Waals surface area contributed by atoms with E-state index in [4.69, 9.17) is 4.74 Å². The second kappa shape index (κ2) is 10.2. The van der Waals surface area contributed by atoms with Crippen molar-refractivity contribution in [2.24, 2.45) is 5.92 Å². The number of amides is 2. The molecule has 0 bridgehead atoms.